The molecule has 0 amide bonds. The van der Waals surface area contributed by atoms with Crippen molar-refractivity contribution in [2.45, 2.75) is 51.9 Å². The molecule has 3 heterocycles. The smallest absolute Gasteiger partial charge is 0.449 e. The molecule has 5 rings (SSSR count). The number of nitrogens with one attached hydrogen (secondary N) is 1. The molecule has 198 valence electrons. The normalized spacial score (nSPS) is 14.8. The van der Waals surface area contributed by atoms with E-state index < -0.39 is 17.9 Å². The van der Waals surface area contributed by atoms with Gasteiger partial charge in [-0.2, -0.15) is 23.1 Å². The van der Waals surface area contributed by atoms with E-state index in [-0.39, 0.29) is 18.6 Å². The zero-order valence-electron chi connectivity index (χ0n) is 20.8. The molecule has 0 bridgehead atoms. The number of halogens is 3. The Morgan fingerprint density at radius 3 is 2.53 bits per heavy atom. The SMILES string of the molecule is Cc1ccnc(-c2cc3nc(OC(=O)O)nc(N[C@H](C)C4CCC4)c3n2Cc2ccc(C(F)(F)F)cc2)c1. The van der Waals surface area contributed by atoms with Gasteiger partial charge in [0.25, 0.3) is 0 Å². The number of carboxylic acid groups (broad SMARTS) is 1. The van der Waals surface area contributed by atoms with E-state index in [0.717, 1.165) is 37.0 Å². The van der Waals surface area contributed by atoms with Crippen molar-refractivity contribution in [2.75, 3.05) is 5.32 Å². The van der Waals surface area contributed by atoms with Crippen LogP contribution in [-0.2, 0) is 12.7 Å². The lowest BCUT2D eigenvalue weighted by Gasteiger charge is -2.32. The maximum Gasteiger partial charge on any atom is 0.513 e. The van der Waals surface area contributed by atoms with Crippen LogP contribution >= 0.6 is 0 Å². The number of pyridine rings is 1. The van der Waals surface area contributed by atoms with Crippen LogP contribution in [0.2, 0.25) is 0 Å². The fraction of sp³-hybridized carbons (Fsp3) is 0.333. The number of alkyl halides is 3. The lowest BCUT2D eigenvalue weighted by Crippen LogP contribution is -2.31. The quantitative estimate of drug-likeness (QED) is 0.265. The Morgan fingerprint density at radius 1 is 1.18 bits per heavy atom. The van der Waals surface area contributed by atoms with Gasteiger partial charge in [0.1, 0.15) is 5.52 Å². The molecule has 0 aliphatic heterocycles. The van der Waals surface area contributed by atoms with Crippen LogP contribution in [0.15, 0.2) is 48.7 Å². The number of anilines is 1. The summed E-state index contributed by atoms with van der Waals surface area (Å²) in [7, 11) is 0. The summed E-state index contributed by atoms with van der Waals surface area (Å²) in [6, 6.07) is 10.2. The summed E-state index contributed by atoms with van der Waals surface area (Å²) in [5.41, 5.74) is 3.16. The lowest BCUT2D eigenvalue weighted by molar-refractivity contribution is -0.137. The van der Waals surface area contributed by atoms with Gasteiger partial charge in [0, 0.05) is 18.8 Å². The van der Waals surface area contributed by atoms with Crippen molar-refractivity contribution in [2.24, 2.45) is 5.92 Å². The zero-order chi connectivity index (χ0) is 27.0. The molecular weight excluding hydrogens is 499 g/mol. The molecule has 0 unspecified atom stereocenters. The molecule has 0 saturated heterocycles. The Hall–Kier alpha value is -4.15. The summed E-state index contributed by atoms with van der Waals surface area (Å²) >= 11 is 0. The Kier molecular flexibility index (Phi) is 6.68. The Labute approximate surface area is 216 Å². The first-order valence-electron chi connectivity index (χ1n) is 12.3. The van der Waals surface area contributed by atoms with Crippen molar-refractivity contribution in [3.8, 4) is 17.4 Å². The summed E-state index contributed by atoms with van der Waals surface area (Å²) < 4.78 is 46.1. The highest BCUT2D eigenvalue weighted by molar-refractivity contribution is 5.92. The number of hydrogen-bond donors (Lipinski definition) is 2. The second kappa shape index (κ2) is 9.96. The van der Waals surface area contributed by atoms with Crippen molar-refractivity contribution in [3.63, 3.8) is 0 Å². The largest absolute Gasteiger partial charge is 0.513 e. The summed E-state index contributed by atoms with van der Waals surface area (Å²) in [5, 5.41) is 12.6. The van der Waals surface area contributed by atoms with E-state index >= 15 is 0 Å². The molecular formula is C27H26F3N5O3. The van der Waals surface area contributed by atoms with Gasteiger partial charge in [-0.05, 0) is 74.1 Å². The van der Waals surface area contributed by atoms with E-state index in [2.05, 4.69) is 20.3 Å². The number of aromatic nitrogens is 4. The number of ether oxygens (including phenoxy) is 1. The molecule has 1 atom stereocenters. The molecule has 1 fully saturated rings. The van der Waals surface area contributed by atoms with E-state index in [1.54, 1.807) is 12.3 Å². The van der Waals surface area contributed by atoms with E-state index in [9.17, 15) is 23.1 Å². The van der Waals surface area contributed by atoms with Gasteiger partial charge >= 0.3 is 18.3 Å². The first-order chi connectivity index (χ1) is 18.1. The molecule has 0 radical (unpaired) electrons. The topological polar surface area (TPSA) is 102 Å². The van der Waals surface area contributed by atoms with Gasteiger partial charge in [0.05, 0.1) is 22.5 Å². The molecule has 0 spiro atoms. The third-order valence-electron chi connectivity index (χ3n) is 6.92. The van der Waals surface area contributed by atoms with Gasteiger partial charge in [-0.1, -0.05) is 18.6 Å². The number of aryl methyl sites for hydroxylation is 1. The summed E-state index contributed by atoms with van der Waals surface area (Å²) in [4.78, 5) is 24.5. The summed E-state index contributed by atoms with van der Waals surface area (Å²) in [6.07, 6.45) is -0.993. The first-order valence-corrected chi connectivity index (χ1v) is 12.3. The van der Waals surface area contributed by atoms with Crippen molar-refractivity contribution in [3.05, 3.63) is 65.4 Å². The third-order valence-corrected chi connectivity index (χ3v) is 6.92. The fourth-order valence-corrected chi connectivity index (χ4v) is 4.68. The number of hydrogen-bond acceptors (Lipinski definition) is 6. The number of rotatable bonds is 7. The Morgan fingerprint density at radius 2 is 1.92 bits per heavy atom. The molecule has 4 aromatic rings. The van der Waals surface area contributed by atoms with E-state index in [1.807, 2.05) is 30.5 Å². The second-order valence-corrected chi connectivity index (χ2v) is 9.61. The van der Waals surface area contributed by atoms with Crippen LogP contribution in [0.5, 0.6) is 6.01 Å². The molecule has 11 heteroatoms. The van der Waals surface area contributed by atoms with E-state index in [4.69, 9.17) is 4.74 Å². The highest BCUT2D eigenvalue weighted by atomic mass is 19.4. The van der Waals surface area contributed by atoms with Gasteiger partial charge in [-0.3, -0.25) is 4.98 Å². The predicted molar refractivity (Wildman–Crippen MR) is 135 cm³/mol. The Bertz CT molecular complexity index is 1480. The molecule has 8 nitrogen and oxygen atoms in total. The van der Waals surface area contributed by atoms with Crippen LogP contribution < -0.4 is 10.1 Å². The average molecular weight is 526 g/mol. The highest BCUT2D eigenvalue weighted by Gasteiger charge is 2.30. The minimum absolute atomic E-state index is 0.0505. The average Bonchev–Trinajstić information content (AvgIpc) is 3.15. The fourth-order valence-electron chi connectivity index (χ4n) is 4.68. The maximum absolute atomic E-state index is 13.1. The molecule has 2 N–H and O–H groups in total. The van der Waals surface area contributed by atoms with Crippen LogP contribution in [0.3, 0.4) is 0 Å². The number of carbonyl (C=O) groups is 1. The standard InChI is InChI=1S/C27H26F3N5O3/c1-15-10-11-31-20(12-15)22-13-21-23(35(22)14-17-6-8-19(9-7-17)27(28,29)30)24(32-16(2)18-4-3-5-18)34-25(33-21)38-26(36)37/h6-13,16,18H,3-5,14H2,1-2H3,(H,36,37)(H,32,33,34)/t16-/m1/s1. The van der Waals surface area contributed by atoms with Crippen molar-refractivity contribution in [1.29, 1.82) is 0 Å². The molecule has 3 aromatic heterocycles. The molecule has 1 saturated carbocycles. The number of fused-ring (bicyclic) bond motifs is 1. The van der Waals surface area contributed by atoms with Gasteiger partial charge in [-0.15, -0.1) is 0 Å². The van der Waals surface area contributed by atoms with Crippen LogP contribution in [0.25, 0.3) is 22.4 Å². The van der Waals surface area contributed by atoms with Gasteiger partial charge in [-0.25, -0.2) is 4.79 Å². The van der Waals surface area contributed by atoms with E-state index in [0.29, 0.717) is 39.7 Å². The Balaban J connectivity index is 1.67. The van der Waals surface area contributed by atoms with Crippen LogP contribution in [0.1, 0.15) is 42.9 Å². The van der Waals surface area contributed by atoms with Crippen LogP contribution in [0.4, 0.5) is 23.8 Å². The third kappa shape index (κ3) is 5.27. The van der Waals surface area contributed by atoms with E-state index in [1.165, 1.54) is 12.1 Å². The lowest BCUT2D eigenvalue weighted by atomic mass is 9.80. The monoisotopic (exact) mass is 525 g/mol. The first kappa shape index (κ1) is 25.5. The molecule has 1 aliphatic carbocycles. The van der Waals surface area contributed by atoms with Gasteiger partial charge in [0.2, 0.25) is 0 Å². The minimum atomic E-state index is -4.43. The summed E-state index contributed by atoms with van der Waals surface area (Å²) in [5.74, 6) is 0.830. The predicted octanol–water partition coefficient (Wildman–Crippen LogP) is 6.53. The van der Waals surface area contributed by atoms with Crippen molar-refractivity contribution >= 4 is 23.0 Å². The summed E-state index contributed by atoms with van der Waals surface area (Å²) in [6.45, 7) is 4.18. The second-order valence-electron chi connectivity index (χ2n) is 9.61. The molecule has 1 aliphatic rings. The van der Waals surface area contributed by atoms with Crippen LogP contribution in [-0.4, -0.2) is 36.8 Å². The number of benzene rings is 1. The minimum Gasteiger partial charge on any atom is -0.449 e. The number of nitrogens with zero attached hydrogens (tertiary/aromatic N) is 4. The van der Waals surface area contributed by atoms with Gasteiger partial charge < -0.3 is 19.7 Å². The maximum atomic E-state index is 13.1. The zero-order valence-corrected chi connectivity index (χ0v) is 20.8. The highest BCUT2D eigenvalue weighted by Crippen LogP contribution is 2.36. The van der Waals surface area contributed by atoms with Gasteiger partial charge in [0.15, 0.2) is 5.82 Å². The molecule has 38 heavy (non-hydrogen) atoms. The van der Waals surface area contributed by atoms with Crippen molar-refractivity contribution < 1.29 is 27.8 Å². The van der Waals surface area contributed by atoms with Crippen LogP contribution in [0, 0.1) is 12.8 Å². The van der Waals surface area contributed by atoms with Crippen molar-refractivity contribution in [1.82, 2.24) is 19.5 Å². The molecule has 1 aromatic carbocycles.